The van der Waals surface area contributed by atoms with Crippen LogP contribution in [-0.4, -0.2) is 14.1 Å². The first kappa shape index (κ1) is 9.78. The molecule has 1 rings (SSSR count). The summed E-state index contributed by atoms with van der Waals surface area (Å²) in [4.78, 5) is 0. The van der Waals surface area contributed by atoms with Gasteiger partial charge in [-0.05, 0) is 24.3 Å². The molecule has 1 aromatic rings. The number of hydrogen-bond acceptors (Lipinski definition) is 3. The van der Waals surface area contributed by atoms with E-state index in [-0.39, 0.29) is 6.15 Å². The molecule has 0 radical (unpaired) electrons. The largest absolute Gasteiger partial charge is 0.388 e. The minimum Gasteiger partial charge on any atom is -0.388 e. The van der Waals surface area contributed by atoms with E-state index >= 15 is 0 Å². The number of nitrogens with one attached hydrogen (secondary N) is 2. The third-order valence-corrected chi connectivity index (χ3v) is 1.46. The van der Waals surface area contributed by atoms with E-state index in [1.54, 1.807) is 0 Å². The van der Waals surface area contributed by atoms with Crippen molar-refractivity contribution in [3.63, 3.8) is 0 Å². The number of benzene rings is 1. The molecule has 0 saturated carbocycles. The summed E-state index contributed by atoms with van der Waals surface area (Å²) >= 11 is 0. The molecule has 0 aliphatic carbocycles. The van der Waals surface area contributed by atoms with Crippen LogP contribution in [0.5, 0.6) is 0 Å². The van der Waals surface area contributed by atoms with Crippen molar-refractivity contribution < 1.29 is 0 Å². The molecule has 0 spiro atoms. The topological polar surface area (TPSA) is 59.1 Å². The zero-order valence-electron chi connectivity index (χ0n) is 7.02. The zero-order chi connectivity index (χ0) is 7.40. The Hall–Kier alpha value is -1.22. The van der Waals surface area contributed by atoms with E-state index in [9.17, 15) is 0 Å². The lowest BCUT2D eigenvalue weighted by atomic mass is 10.3. The third-order valence-electron chi connectivity index (χ3n) is 1.46. The van der Waals surface area contributed by atoms with Gasteiger partial charge in [-0.1, -0.05) is 0 Å². The van der Waals surface area contributed by atoms with Crippen LogP contribution in [0.15, 0.2) is 24.3 Å². The Kier molecular flexibility index (Phi) is 4.07. The molecule has 1 aromatic carbocycles. The van der Waals surface area contributed by atoms with Crippen molar-refractivity contribution in [1.82, 2.24) is 6.15 Å². The Bertz CT molecular complexity index is 170. The molecule has 0 aliphatic heterocycles. The lowest BCUT2D eigenvalue weighted by Crippen LogP contribution is -1.89. The summed E-state index contributed by atoms with van der Waals surface area (Å²) in [6.07, 6.45) is 0. The highest BCUT2D eigenvalue weighted by molar-refractivity contribution is 5.52. The molecule has 5 N–H and O–H groups in total. The van der Waals surface area contributed by atoms with Gasteiger partial charge in [-0.2, -0.15) is 0 Å². The van der Waals surface area contributed by atoms with Crippen LogP contribution in [0.25, 0.3) is 0 Å². The van der Waals surface area contributed by atoms with Crippen LogP contribution in [0.1, 0.15) is 0 Å². The fourth-order valence-electron chi connectivity index (χ4n) is 0.804. The summed E-state index contributed by atoms with van der Waals surface area (Å²) in [5.41, 5.74) is 2.28. The SMILES string of the molecule is CNc1ccc(NC)cc1.N. The summed E-state index contributed by atoms with van der Waals surface area (Å²) in [6.45, 7) is 0. The van der Waals surface area contributed by atoms with Gasteiger partial charge >= 0.3 is 0 Å². The van der Waals surface area contributed by atoms with Gasteiger partial charge in [0.15, 0.2) is 0 Å². The molecular formula is C8H15N3. The van der Waals surface area contributed by atoms with E-state index in [4.69, 9.17) is 0 Å². The van der Waals surface area contributed by atoms with E-state index in [1.807, 2.05) is 38.4 Å². The second-order valence-corrected chi connectivity index (χ2v) is 2.08. The molecule has 0 bridgehead atoms. The van der Waals surface area contributed by atoms with E-state index < -0.39 is 0 Å². The first-order valence-electron chi connectivity index (χ1n) is 3.32. The van der Waals surface area contributed by atoms with E-state index in [1.165, 1.54) is 0 Å². The molecule has 0 aromatic heterocycles. The maximum absolute atomic E-state index is 3.05. The van der Waals surface area contributed by atoms with Crippen LogP contribution in [0.4, 0.5) is 11.4 Å². The molecule has 0 unspecified atom stereocenters. The Labute approximate surface area is 67.4 Å². The van der Waals surface area contributed by atoms with Crippen LogP contribution in [0.2, 0.25) is 0 Å². The normalized spacial score (nSPS) is 8.18. The van der Waals surface area contributed by atoms with Crippen molar-refractivity contribution in [3.8, 4) is 0 Å². The van der Waals surface area contributed by atoms with E-state index in [2.05, 4.69) is 10.6 Å². The predicted molar refractivity (Wildman–Crippen MR) is 50.6 cm³/mol. The lowest BCUT2D eigenvalue weighted by Gasteiger charge is -2.01. The van der Waals surface area contributed by atoms with Crippen molar-refractivity contribution in [2.24, 2.45) is 0 Å². The molecule has 3 nitrogen and oxygen atoms in total. The molecule has 3 heteroatoms. The molecule has 0 fully saturated rings. The second kappa shape index (κ2) is 4.57. The van der Waals surface area contributed by atoms with Crippen molar-refractivity contribution in [1.29, 1.82) is 0 Å². The van der Waals surface area contributed by atoms with Gasteiger partial charge in [-0.15, -0.1) is 0 Å². The molecule has 0 saturated heterocycles. The van der Waals surface area contributed by atoms with Gasteiger partial charge in [0.05, 0.1) is 0 Å². The standard InChI is InChI=1S/C8H12N2.H3N/c1-9-7-3-5-8(10-2)6-4-7;/h3-6,9-10H,1-2H3;1H3. The molecule has 0 heterocycles. The summed E-state index contributed by atoms with van der Waals surface area (Å²) in [5.74, 6) is 0. The summed E-state index contributed by atoms with van der Waals surface area (Å²) < 4.78 is 0. The highest BCUT2D eigenvalue weighted by Gasteiger charge is 1.86. The van der Waals surface area contributed by atoms with Gasteiger partial charge in [0.25, 0.3) is 0 Å². The summed E-state index contributed by atoms with van der Waals surface area (Å²) in [6, 6.07) is 8.13. The first-order chi connectivity index (χ1) is 4.86. The van der Waals surface area contributed by atoms with Crippen LogP contribution < -0.4 is 16.8 Å². The number of anilines is 2. The zero-order valence-corrected chi connectivity index (χ0v) is 7.02. The summed E-state index contributed by atoms with van der Waals surface area (Å²) in [5, 5.41) is 6.10. The van der Waals surface area contributed by atoms with Crippen LogP contribution in [-0.2, 0) is 0 Å². The fourth-order valence-corrected chi connectivity index (χ4v) is 0.804. The molecular weight excluding hydrogens is 138 g/mol. The van der Waals surface area contributed by atoms with Crippen LogP contribution >= 0.6 is 0 Å². The van der Waals surface area contributed by atoms with E-state index in [0.717, 1.165) is 11.4 Å². The van der Waals surface area contributed by atoms with Crippen molar-refractivity contribution in [2.45, 2.75) is 0 Å². The molecule has 62 valence electrons. The highest BCUT2D eigenvalue weighted by atomic mass is 14.8. The number of rotatable bonds is 2. The van der Waals surface area contributed by atoms with Gasteiger partial charge in [-0.25, -0.2) is 0 Å². The quantitative estimate of drug-likeness (QED) is 0.608. The molecule has 0 aliphatic rings. The predicted octanol–water partition coefficient (Wildman–Crippen LogP) is 1.93. The Morgan fingerprint density at radius 3 is 1.27 bits per heavy atom. The molecule has 0 amide bonds. The average Bonchev–Trinajstić information content (AvgIpc) is 2.05. The average molecular weight is 153 g/mol. The van der Waals surface area contributed by atoms with Gasteiger partial charge in [0, 0.05) is 25.5 Å². The van der Waals surface area contributed by atoms with Gasteiger partial charge in [0.1, 0.15) is 0 Å². The monoisotopic (exact) mass is 153 g/mol. The Morgan fingerprint density at radius 1 is 0.818 bits per heavy atom. The third kappa shape index (κ3) is 2.47. The Balaban J connectivity index is 0.000001000. The van der Waals surface area contributed by atoms with Crippen molar-refractivity contribution >= 4 is 11.4 Å². The van der Waals surface area contributed by atoms with Gasteiger partial charge in [0.2, 0.25) is 0 Å². The fraction of sp³-hybridized carbons (Fsp3) is 0.250. The van der Waals surface area contributed by atoms with Crippen LogP contribution in [0, 0.1) is 0 Å². The summed E-state index contributed by atoms with van der Waals surface area (Å²) in [7, 11) is 3.82. The molecule has 0 atom stereocenters. The first-order valence-corrected chi connectivity index (χ1v) is 3.32. The van der Waals surface area contributed by atoms with Gasteiger partial charge in [-0.3, -0.25) is 0 Å². The number of hydrogen-bond donors (Lipinski definition) is 3. The maximum Gasteiger partial charge on any atom is 0.0339 e. The maximum atomic E-state index is 3.05. The van der Waals surface area contributed by atoms with Crippen molar-refractivity contribution in [3.05, 3.63) is 24.3 Å². The highest BCUT2D eigenvalue weighted by Crippen LogP contribution is 2.11. The minimum atomic E-state index is 0. The second-order valence-electron chi connectivity index (χ2n) is 2.08. The lowest BCUT2D eigenvalue weighted by molar-refractivity contribution is 1.47. The minimum absolute atomic E-state index is 0. The van der Waals surface area contributed by atoms with Crippen molar-refractivity contribution in [2.75, 3.05) is 24.7 Å². The van der Waals surface area contributed by atoms with Gasteiger partial charge < -0.3 is 16.8 Å². The molecule has 11 heavy (non-hydrogen) atoms. The van der Waals surface area contributed by atoms with E-state index in [0.29, 0.717) is 0 Å². The van der Waals surface area contributed by atoms with Crippen LogP contribution in [0.3, 0.4) is 0 Å². The smallest absolute Gasteiger partial charge is 0.0339 e. The Morgan fingerprint density at radius 2 is 1.09 bits per heavy atom.